The molecule has 0 aliphatic carbocycles. The molecular weight excluding hydrogens is 301 g/mol. The molecule has 0 saturated heterocycles. The number of carbonyl (C=O) groups is 2. The average Bonchev–Trinajstić information content (AvgIpc) is 2.33. The summed E-state index contributed by atoms with van der Waals surface area (Å²) in [4.78, 5) is 22.8. The Morgan fingerprint density at radius 3 is 2.40 bits per heavy atom. The van der Waals surface area contributed by atoms with E-state index in [0.29, 0.717) is 10.0 Å². The first-order chi connectivity index (χ1) is 9.31. The molecule has 0 fully saturated rings. The molecule has 0 spiro atoms. The summed E-state index contributed by atoms with van der Waals surface area (Å²) >= 11 is 11.7. The van der Waals surface area contributed by atoms with Crippen molar-refractivity contribution in [1.82, 2.24) is 5.32 Å². The molecule has 0 heterocycles. The smallest absolute Gasteiger partial charge is 0.308 e. The SMILES string of the molecule is CC(C)C(CNC(=O)Cc1ccc(Cl)c(Cl)c1)C(=O)O. The molecule has 2 N–H and O–H groups in total. The van der Waals surface area contributed by atoms with Crippen molar-refractivity contribution >= 4 is 35.1 Å². The van der Waals surface area contributed by atoms with Gasteiger partial charge in [-0.2, -0.15) is 0 Å². The number of carboxylic acids is 1. The van der Waals surface area contributed by atoms with E-state index in [9.17, 15) is 9.59 Å². The van der Waals surface area contributed by atoms with Gasteiger partial charge >= 0.3 is 5.97 Å². The van der Waals surface area contributed by atoms with Crippen molar-refractivity contribution in [2.45, 2.75) is 20.3 Å². The standard InChI is InChI=1S/C14H17Cl2NO3/c1-8(2)10(14(19)20)7-17-13(18)6-9-3-4-11(15)12(16)5-9/h3-5,8,10H,6-7H2,1-2H3,(H,17,18)(H,19,20). The van der Waals surface area contributed by atoms with Crippen LogP contribution in [0.4, 0.5) is 0 Å². The van der Waals surface area contributed by atoms with Crippen LogP contribution in [-0.2, 0) is 16.0 Å². The Bertz CT molecular complexity index is 503. The average molecular weight is 318 g/mol. The minimum Gasteiger partial charge on any atom is -0.481 e. The Hall–Kier alpha value is -1.26. The number of halogens is 2. The lowest BCUT2D eigenvalue weighted by Gasteiger charge is -2.16. The third kappa shape index (κ3) is 5.02. The Kier molecular flexibility index (Phi) is 6.30. The lowest BCUT2D eigenvalue weighted by Crippen LogP contribution is -2.36. The highest BCUT2D eigenvalue weighted by Crippen LogP contribution is 2.22. The van der Waals surface area contributed by atoms with Crippen LogP contribution in [0.1, 0.15) is 19.4 Å². The lowest BCUT2D eigenvalue weighted by atomic mass is 9.96. The van der Waals surface area contributed by atoms with Gasteiger partial charge in [0.05, 0.1) is 22.4 Å². The first-order valence-electron chi connectivity index (χ1n) is 6.24. The highest BCUT2D eigenvalue weighted by Gasteiger charge is 2.21. The summed E-state index contributed by atoms with van der Waals surface area (Å²) in [5.74, 6) is -1.78. The van der Waals surface area contributed by atoms with Crippen molar-refractivity contribution in [3.8, 4) is 0 Å². The number of benzene rings is 1. The van der Waals surface area contributed by atoms with E-state index in [1.54, 1.807) is 18.2 Å². The first-order valence-corrected chi connectivity index (χ1v) is 7.00. The Balaban J connectivity index is 2.55. The monoisotopic (exact) mass is 317 g/mol. The molecule has 0 aliphatic rings. The van der Waals surface area contributed by atoms with Crippen LogP contribution in [-0.4, -0.2) is 23.5 Å². The maximum absolute atomic E-state index is 11.8. The normalized spacial score (nSPS) is 12.2. The highest BCUT2D eigenvalue weighted by atomic mass is 35.5. The van der Waals surface area contributed by atoms with Gasteiger partial charge in [-0.1, -0.05) is 43.1 Å². The fourth-order valence-electron chi connectivity index (χ4n) is 1.73. The molecule has 20 heavy (non-hydrogen) atoms. The largest absolute Gasteiger partial charge is 0.481 e. The summed E-state index contributed by atoms with van der Waals surface area (Å²) in [6, 6.07) is 4.96. The molecule has 1 amide bonds. The third-order valence-corrected chi connectivity index (χ3v) is 3.73. The lowest BCUT2D eigenvalue weighted by molar-refractivity contribution is -0.143. The van der Waals surface area contributed by atoms with Crippen LogP contribution in [0, 0.1) is 11.8 Å². The fraction of sp³-hybridized carbons (Fsp3) is 0.429. The Morgan fingerprint density at radius 2 is 1.90 bits per heavy atom. The van der Waals surface area contributed by atoms with E-state index in [1.165, 1.54) is 0 Å². The van der Waals surface area contributed by atoms with Crippen LogP contribution in [0.5, 0.6) is 0 Å². The summed E-state index contributed by atoms with van der Waals surface area (Å²) in [5.41, 5.74) is 0.730. The molecule has 6 heteroatoms. The van der Waals surface area contributed by atoms with E-state index in [-0.39, 0.29) is 24.8 Å². The molecule has 1 aromatic rings. The van der Waals surface area contributed by atoms with Crippen molar-refractivity contribution in [3.05, 3.63) is 33.8 Å². The van der Waals surface area contributed by atoms with E-state index in [4.69, 9.17) is 28.3 Å². The van der Waals surface area contributed by atoms with Crippen LogP contribution in [0.15, 0.2) is 18.2 Å². The predicted octanol–water partition coefficient (Wildman–Crippen LogP) is 3.01. The zero-order valence-electron chi connectivity index (χ0n) is 11.3. The van der Waals surface area contributed by atoms with E-state index in [1.807, 2.05) is 13.8 Å². The summed E-state index contributed by atoms with van der Waals surface area (Å²) in [7, 11) is 0. The second kappa shape index (κ2) is 7.50. The van der Waals surface area contributed by atoms with E-state index < -0.39 is 11.9 Å². The number of amides is 1. The molecule has 1 aromatic carbocycles. The van der Waals surface area contributed by atoms with Crippen molar-refractivity contribution in [1.29, 1.82) is 0 Å². The second-order valence-corrected chi connectivity index (χ2v) is 5.73. The summed E-state index contributed by atoms with van der Waals surface area (Å²) < 4.78 is 0. The zero-order valence-corrected chi connectivity index (χ0v) is 12.8. The molecular formula is C14H17Cl2NO3. The number of rotatable bonds is 6. The number of aliphatic carboxylic acids is 1. The van der Waals surface area contributed by atoms with Crippen molar-refractivity contribution < 1.29 is 14.7 Å². The summed E-state index contributed by atoms with van der Waals surface area (Å²) in [6.07, 6.45) is 0.140. The number of carbonyl (C=O) groups excluding carboxylic acids is 1. The van der Waals surface area contributed by atoms with Crippen LogP contribution in [0.25, 0.3) is 0 Å². The van der Waals surface area contributed by atoms with Crippen LogP contribution < -0.4 is 5.32 Å². The van der Waals surface area contributed by atoms with E-state index in [0.717, 1.165) is 5.56 Å². The topological polar surface area (TPSA) is 66.4 Å². The number of hydrogen-bond donors (Lipinski definition) is 2. The van der Waals surface area contributed by atoms with Crippen molar-refractivity contribution in [3.63, 3.8) is 0 Å². The number of hydrogen-bond acceptors (Lipinski definition) is 2. The van der Waals surface area contributed by atoms with Gasteiger partial charge in [0.25, 0.3) is 0 Å². The van der Waals surface area contributed by atoms with Gasteiger partial charge in [-0.05, 0) is 23.6 Å². The van der Waals surface area contributed by atoms with Gasteiger partial charge in [0.1, 0.15) is 0 Å². The summed E-state index contributed by atoms with van der Waals surface area (Å²) in [5, 5.41) is 12.5. The van der Waals surface area contributed by atoms with Crippen molar-refractivity contribution in [2.24, 2.45) is 11.8 Å². The Morgan fingerprint density at radius 1 is 1.25 bits per heavy atom. The molecule has 0 aromatic heterocycles. The first kappa shape index (κ1) is 16.8. The Labute approximate surface area is 128 Å². The van der Waals surface area contributed by atoms with Gasteiger partial charge in [0.2, 0.25) is 5.91 Å². The minimum absolute atomic E-state index is 0.0437. The second-order valence-electron chi connectivity index (χ2n) is 4.92. The van der Waals surface area contributed by atoms with Gasteiger partial charge in [-0.3, -0.25) is 9.59 Å². The fourth-order valence-corrected chi connectivity index (χ4v) is 2.05. The van der Waals surface area contributed by atoms with Gasteiger partial charge in [-0.25, -0.2) is 0 Å². The molecule has 1 unspecified atom stereocenters. The summed E-state index contributed by atoms with van der Waals surface area (Å²) in [6.45, 7) is 3.74. The molecule has 1 atom stereocenters. The van der Waals surface area contributed by atoms with Crippen molar-refractivity contribution in [2.75, 3.05) is 6.54 Å². The number of nitrogens with one attached hydrogen (secondary N) is 1. The molecule has 0 saturated carbocycles. The minimum atomic E-state index is -0.908. The highest BCUT2D eigenvalue weighted by molar-refractivity contribution is 6.42. The molecule has 0 bridgehead atoms. The molecule has 110 valence electrons. The third-order valence-electron chi connectivity index (χ3n) is 2.99. The molecule has 4 nitrogen and oxygen atoms in total. The van der Waals surface area contributed by atoms with Crippen LogP contribution in [0.3, 0.4) is 0 Å². The predicted molar refractivity (Wildman–Crippen MR) is 79.1 cm³/mol. The van der Waals surface area contributed by atoms with Gasteiger partial charge in [0, 0.05) is 6.54 Å². The van der Waals surface area contributed by atoms with Crippen LogP contribution in [0.2, 0.25) is 10.0 Å². The molecule has 0 aliphatic heterocycles. The van der Waals surface area contributed by atoms with Crippen LogP contribution >= 0.6 is 23.2 Å². The maximum Gasteiger partial charge on any atom is 0.308 e. The maximum atomic E-state index is 11.8. The quantitative estimate of drug-likeness (QED) is 0.847. The van der Waals surface area contributed by atoms with E-state index >= 15 is 0 Å². The van der Waals surface area contributed by atoms with E-state index in [2.05, 4.69) is 5.32 Å². The number of carboxylic acid groups (broad SMARTS) is 1. The molecule has 0 radical (unpaired) electrons. The van der Waals surface area contributed by atoms with Gasteiger partial charge in [0.15, 0.2) is 0 Å². The zero-order chi connectivity index (χ0) is 15.3. The van der Waals surface area contributed by atoms with Gasteiger partial charge in [-0.15, -0.1) is 0 Å². The molecule has 1 rings (SSSR count). The van der Waals surface area contributed by atoms with Gasteiger partial charge < -0.3 is 10.4 Å².